The Balaban J connectivity index is 1.01. The maximum Gasteiger partial charge on any atom is 0.414 e. The highest BCUT2D eigenvalue weighted by atomic mass is 19.1. The maximum absolute atomic E-state index is 15.7. The number of rotatable bonds is 8. The van der Waals surface area contributed by atoms with Gasteiger partial charge < -0.3 is 33.9 Å². The second-order valence-electron chi connectivity index (χ2n) is 12.4. The molecule has 2 aromatic heterocycles. The van der Waals surface area contributed by atoms with Crippen LogP contribution in [0, 0.1) is 11.6 Å². The fraction of sp³-hybridized carbons (Fsp3) is 0.387. The Labute approximate surface area is 264 Å². The largest absolute Gasteiger partial charge is 0.487 e. The van der Waals surface area contributed by atoms with Gasteiger partial charge in [-0.3, -0.25) is 9.69 Å². The first kappa shape index (κ1) is 29.2. The Morgan fingerprint density at radius 1 is 1.15 bits per heavy atom. The van der Waals surface area contributed by atoms with Crippen LogP contribution in [-0.2, 0) is 11.3 Å². The number of nitrogens with zero attached hydrogens (tertiary/aromatic N) is 6. The number of amides is 1. The summed E-state index contributed by atoms with van der Waals surface area (Å²) in [5, 5.41) is 28.6. The zero-order valence-electron chi connectivity index (χ0n) is 24.7. The van der Waals surface area contributed by atoms with E-state index in [0.29, 0.717) is 12.1 Å². The van der Waals surface area contributed by atoms with E-state index in [1.807, 2.05) is 0 Å². The van der Waals surface area contributed by atoms with E-state index in [-0.39, 0.29) is 67.0 Å². The van der Waals surface area contributed by atoms with E-state index in [9.17, 15) is 24.6 Å². The third-order valence-electron chi connectivity index (χ3n) is 9.06. The molecule has 4 aromatic rings. The number of aromatic carboxylic acids is 1. The van der Waals surface area contributed by atoms with E-state index in [1.165, 1.54) is 34.1 Å². The summed E-state index contributed by atoms with van der Waals surface area (Å²) in [5.41, 5.74) is -2.11. The molecular formula is C31H28F2N6O8. The number of aromatic nitrogens is 4. The number of carboxylic acid groups (broad SMARTS) is 1. The zero-order chi connectivity index (χ0) is 32.6. The Morgan fingerprint density at radius 2 is 1.98 bits per heavy atom. The van der Waals surface area contributed by atoms with Gasteiger partial charge in [0, 0.05) is 30.9 Å². The molecule has 4 aliphatic rings. The molecule has 3 fully saturated rings. The fourth-order valence-electron chi connectivity index (χ4n) is 6.75. The van der Waals surface area contributed by atoms with Gasteiger partial charge in [-0.05, 0) is 31.0 Å². The molecule has 47 heavy (non-hydrogen) atoms. The van der Waals surface area contributed by atoms with Crippen molar-refractivity contribution < 1.29 is 42.8 Å². The molecule has 0 radical (unpaired) electrons. The van der Waals surface area contributed by atoms with Gasteiger partial charge in [0.25, 0.3) is 0 Å². The highest BCUT2D eigenvalue weighted by molar-refractivity contribution is 5.97. The summed E-state index contributed by atoms with van der Waals surface area (Å²) in [6.07, 6.45) is 4.99. The fourth-order valence-corrected chi connectivity index (χ4v) is 6.75. The molecule has 244 valence electrons. The van der Waals surface area contributed by atoms with Gasteiger partial charge in [0.05, 0.1) is 48.5 Å². The van der Waals surface area contributed by atoms with Crippen molar-refractivity contribution in [2.45, 2.75) is 49.6 Å². The summed E-state index contributed by atoms with van der Waals surface area (Å²) in [6, 6.07) is 4.57. The monoisotopic (exact) mass is 650 g/mol. The van der Waals surface area contributed by atoms with E-state index < -0.39 is 52.4 Å². The van der Waals surface area contributed by atoms with Gasteiger partial charge in [0.15, 0.2) is 23.1 Å². The molecule has 0 unspecified atom stereocenters. The van der Waals surface area contributed by atoms with E-state index in [1.54, 1.807) is 15.7 Å². The van der Waals surface area contributed by atoms with Gasteiger partial charge >= 0.3 is 12.1 Å². The van der Waals surface area contributed by atoms with E-state index in [4.69, 9.17) is 14.2 Å². The Hall–Kier alpha value is -5.25. The standard InChI is InChI=1S/C31H28F2N6O8/c32-22-7-17(38-11-19(47-30(38)43)10-36-6-5-34-35-36)3-4-24(22)46-15-31(44)9-18-13-45-28-25-20(8-23(33)26(28)39(18)14-31)27(40)21(29(41)42)12-37(25)16-1-2-16/h3-8,12,16,18-19,44H,1-2,9-11,13-15H2,(H,41,42)/t18-,19+,31-/m1/s1. The molecule has 14 nitrogen and oxygen atoms in total. The summed E-state index contributed by atoms with van der Waals surface area (Å²) in [6.45, 7) is 0.164. The number of ether oxygens (including phenoxy) is 3. The number of cyclic esters (lactones) is 1. The first-order valence-electron chi connectivity index (χ1n) is 15.1. The predicted octanol–water partition coefficient (Wildman–Crippen LogP) is 2.71. The number of carboxylic acids is 1. The number of carbonyl (C=O) groups is 2. The Morgan fingerprint density at radius 3 is 2.70 bits per heavy atom. The minimum atomic E-state index is -1.52. The van der Waals surface area contributed by atoms with Gasteiger partial charge in [-0.1, -0.05) is 5.21 Å². The number of halogens is 2. The molecule has 16 heteroatoms. The maximum atomic E-state index is 15.7. The summed E-state index contributed by atoms with van der Waals surface area (Å²) in [4.78, 5) is 40.2. The molecule has 0 spiro atoms. The molecule has 3 aliphatic heterocycles. The Bertz CT molecular complexity index is 2000. The lowest BCUT2D eigenvalue weighted by Gasteiger charge is -2.34. The van der Waals surface area contributed by atoms with Gasteiger partial charge in [0.2, 0.25) is 5.43 Å². The summed E-state index contributed by atoms with van der Waals surface area (Å²) in [7, 11) is 0. The average molecular weight is 651 g/mol. The summed E-state index contributed by atoms with van der Waals surface area (Å²) >= 11 is 0. The first-order chi connectivity index (χ1) is 22.6. The minimum Gasteiger partial charge on any atom is -0.487 e. The van der Waals surface area contributed by atoms with Crippen molar-refractivity contribution in [1.29, 1.82) is 0 Å². The van der Waals surface area contributed by atoms with Crippen LogP contribution in [0.25, 0.3) is 10.9 Å². The number of pyridine rings is 1. The van der Waals surface area contributed by atoms with Gasteiger partial charge in [-0.2, -0.15) is 0 Å². The van der Waals surface area contributed by atoms with Crippen LogP contribution in [0.3, 0.4) is 0 Å². The van der Waals surface area contributed by atoms with E-state index in [2.05, 4.69) is 10.3 Å². The minimum absolute atomic E-state index is 0.0468. The highest BCUT2D eigenvalue weighted by Crippen LogP contribution is 2.48. The van der Waals surface area contributed by atoms with Gasteiger partial charge in [0.1, 0.15) is 36.2 Å². The number of fused-ring (bicyclic) bond motifs is 5. The van der Waals surface area contributed by atoms with E-state index >= 15 is 8.78 Å². The average Bonchev–Trinajstić information content (AvgIpc) is 3.45. The van der Waals surface area contributed by atoms with E-state index in [0.717, 1.165) is 25.0 Å². The van der Waals surface area contributed by atoms with Gasteiger partial charge in [-0.25, -0.2) is 23.1 Å². The first-order valence-corrected chi connectivity index (χ1v) is 15.1. The molecule has 8 rings (SSSR count). The van der Waals surface area contributed by atoms with Crippen molar-refractivity contribution in [1.82, 2.24) is 19.6 Å². The molecule has 1 aliphatic carbocycles. The lowest BCUT2D eigenvalue weighted by Crippen LogP contribution is -2.41. The van der Waals surface area contributed by atoms with Crippen molar-refractivity contribution in [3.05, 3.63) is 70.3 Å². The third kappa shape index (κ3) is 4.99. The zero-order valence-corrected chi connectivity index (χ0v) is 24.7. The molecule has 1 amide bonds. The molecule has 1 saturated carbocycles. The molecule has 2 saturated heterocycles. The smallest absolute Gasteiger partial charge is 0.414 e. The second kappa shape index (κ2) is 10.7. The van der Waals surface area contributed by atoms with Crippen LogP contribution in [-0.4, -0.2) is 85.9 Å². The molecule has 5 heterocycles. The van der Waals surface area contributed by atoms with Crippen LogP contribution in [0.5, 0.6) is 11.5 Å². The molecule has 2 N–H and O–H groups in total. The van der Waals surface area contributed by atoms with Crippen LogP contribution < -0.4 is 24.7 Å². The number of carbonyl (C=O) groups excluding carboxylic acids is 1. The quantitative estimate of drug-likeness (QED) is 0.289. The van der Waals surface area contributed by atoms with Crippen LogP contribution in [0.15, 0.2) is 47.7 Å². The number of hydrogen-bond acceptors (Lipinski definition) is 10. The van der Waals surface area contributed by atoms with Crippen molar-refractivity contribution in [3.63, 3.8) is 0 Å². The summed E-state index contributed by atoms with van der Waals surface area (Å²) < 4.78 is 51.3. The number of anilines is 2. The highest BCUT2D eigenvalue weighted by Gasteiger charge is 2.48. The number of hydrogen-bond donors (Lipinski definition) is 2. The summed E-state index contributed by atoms with van der Waals surface area (Å²) in [5.74, 6) is -2.95. The molecular weight excluding hydrogens is 622 g/mol. The predicted molar refractivity (Wildman–Crippen MR) is 159 cm³/mol. The van der Waals surface area contributed by atoms with Crippen LogP contribution in [0.1, 0.15) is 35.7 Å². The Kier molecular flexibility index (Phi) is 6.61. The van der Waals surface area contributed by atoms with Crippen molar-refractivity contribution in [3.8, 4) is 11.5 Å². The third-order valence-corrected chi connectivity index (χ3v) is 9.06. The van der Waals surface area contributed by atoms with Crippen LogP contribution >= 0.6 is 0 Å². The topological polar surface area (TPSA) is 161 Å². The molecule has 3 atom stereocenters. The molecule has 0 bridgehead atoms. The number of aliphatic hydroxyl groups is 1. The van der Waals surface area contributed by atoms with Gasteiger partial charge in [-0.15, -0.1) is 5.10 Å². The van der Waals surface area contributed by atoms with Crippen LogP contribution in [0.4, 0.5) is 25.0 Å². The lowest BCUT2D eigenvalue weighted by molar-refractivity contribution is 0.00980. The van der Waals surface area contributed by atoms with Crippen molar-refractivity contribution in [2.24, 2.45) is 0 Å². The number of benzene rings is 2. The second-order valence-corrected chi connectivity index (χ2v) is 12.4. The van der Waals surface area contributed by atoms with Crippen molar-refractivity contribution in [2.75, 3.05) is 36.1 Å². The van der Waals surface area contributed by atoms with Crippen molar-refractivity contribution >= 4 is 34.3 Å². The SMILES string of the molecule is O=C(O)c1cn(C2CC2)c2c3c(c(F)cc2c1=O)N1C[C@@](O)(COc2ccc(N4C[C@H](Cn5ccnn5)OC4=O)cc2F)C[C@@H]1CO3. The lowest BCUT2D eigenvalue weighted by atomic mass is 10.0. The van der Waals surface area contributed by atoms with Crippen LogP contribution in [0.2, 0.25) is 0 Å². The normalized spacial score (nSPS) is 23.4. The molecule has 2 aromatic carbocycles.